The molecule has 0 atom stereocenters. The van der Waals surface area contributed by atoms with Gasteiger partial charge in [-0.15, -0.1) is 0 Å². The number of aryl methyl sites for hydroxylation is 1. The lowest BCUT2D eigenvalue weighted by molar-refractivity contribution is -0.111. The molecule has 1 fully saturated rings. The molecule has 2 heterocycles. The Morgan fingerprint density at radius 3 is 2.50 bits per heavy atom. The van der Waals surface area contributed by atoms with Gasteiger partial charge in [0.05, 0.1) is 42.7 Å². The number of carbonyl (C=O) groups excluding carboxylic acids is 2. The highest BCUT2D eigenvalue weighted by atomic mass is 16.5. The minimum atomic E-state index is -0.474. The summed E-state index contributed by atoms with van der Waals surface area (Å²) in [7, 11) is 10.9. The van der Waals surface area contributed by atoms with E-state index in [9.17, 15) is 9.59 Å². The third kappa shape index (κ3) is 6.23. The van der Waals surface area contributed by atoms with E-state index in [1.54, 1.807) is 13.2 Å². The van der Waals surface area contributed by atoms with Gasteiger partial charge in [-0.1, -0.05) is 24.8 Å². The van der Waals surface area contributed by atoms with Crippen LogP contribution >= 0.6 is 0 Å². The molecule has 2 N–H and O–H groups in total. The zero-order valence-electron chi connectivity index (χ0n) is 26.1. The summed E-state index contributed by atoms with van der Waals surface area (Å²) in [6.07, 6.45) is 5.05. The molecule has 0 bridgehead atoms. The Labute approximate surface area is 257 Å². The highest BCUT2D eigenvalue weighted by Gasteiger charge is 2.34. The van der Waals surface area contributed by atoms with Crippen LogP contribution in [0.2, 0.25) is 0 Å². The average molecular weight is 598 g/mol. The molecule has 5 rings (SSSR count). The Morgan fingerprint density at radius 2 is 1.84 bits per heavy atom. The Balaban J connectivity index is 1.66. The molecule has 1 aliphatic rings. The van der Waals surface area contributed by atoms with Crippen molar-refractivity contribution in [2.24, 2.45) is 7.05 Å². The fourth-order valence-electron chi connectivity index (χ4n) is 5.24. The van der Waals surface area contributed by atoms with E-state index in [0.29, 0.717) is 40.0 Å². The maximum atomic E-state index is 13.2. The van der Waals surface area contributed by atoms with Gasteiger partial charge in [-0.25, -0.2) is 14.8 Å². The largest absolute Gasteiger partial charge is 0.494 e. The zero-order valence-corrected chi connectivity index (χ0v) is 26.1. The molecule has 2 aromatic carbocycles. The number of amides is 1. The minimum absolute atomic E-state index is 0.124. The molecule has 0 radical (unpaired) electrons. The SMILES string of the molecule is C=CC(=O)Nc1cc(Nc2nc(-c3cn(C)c4ccccc34)c(C(=O)OC)c(C3CC3)n2)c(OC)cc1N(C)CCN(C)C. The van der Waals surface area contributed by atoms with Crippen LogP contribution in [0.4, 0.5) is 23.0 Å². The summed E-state index contributed by atoms with van der Waals surface area (Å²) in [4.78, 5) is 39.6. The summed E-state index contributed by atoms with van der Waals surface area (Å²) in [5.74, 6) is 0.150. The number of anilines is 4. The van der Waals surface area contributed by atoms with E-state index in [1.165, 1.54) is 13.2 Å². The van der Waals surface area contributed by atoms with E-state index in [4.69, 9.17) is 19.4 Å². The van der Waals surface area contributed by atoms with Crippen molar-refractivity contribution in [3.63, 3.8) is 0 Å². The van der Waals surface area contributed by atoms with Gasteiger partial charge in [0, 0.05) is 61.8 Å². The second kappa shape index (κ2) is 12.8. The second-order valence-corrected chi connectivity index (χ2v) is 11.2. The molecule has 1 aliphatic carbocycles. The maximum absolute atomic E-state index is 13.2. The van der Waals surface area contributed by atoms with Gasteiger partial charge in [0.25, 0.3) is 0 Å². The monoisotopic (exact) mass is 597 g/mol. The molecule has 11 nitrogen and oxygen atoms in total. The quantitative estimate of drug-likeness (QED) is 0.169. The molecular weight excluding hydrogens is 558 g/mol. The van der Waals surface area contributed by atoms with E-state index in [2.05, 4.69) is 27.0 Å². The maximum Gasteiger partial charge on any atom is 0.341 e. The van der Waals surface area contributed by atoms with Crippen LogP contribution in [-0.2, 0) is 16.6 Å². The Bertz CT molecular complexity index is 1730. The highest BCUT2D eigenvalue weighted by molar-refractivity contribution is 6.04. The number of nitrogens with one attached hydrogen (secondary N) is 2. The van der Waals surface area contributed by atoms with Crippen LogP contribution < -0.4 is 20.3 Å². The number of aromatic nitrogens is 3. The molecule has 11 heteroatoms. The number of nitrogens with zero attached hydrogens (tertiary/aromatic N) is 5. The van der Waals surface area contributed by atoms with Crippen LogP contribution in [0.1, 0.15) is 34.8 Å². The summed E-state index contributed by atoms with van der Waals surface area (Å²) in [5, 5.41) is 7.22. The van der Waals surface area contributed by atoms with Gasteiger partial charge in [0.2, 0.25) is 11.9 Å². The summed E-state index contributed by atoms with van der Waals surface area (Å²) in [5.41, 5.74) is 5.23. The molecule has 44 heavy (non-hydrogen) atoms. The number of rotatable bonds is 12. The van der Waals surface area contributed by atoms with E-state index in [1.807, 2.05) is 69.3 Å². The molecule has 1 amide bonds. The summed E-state index contributed by atoms with van der Waals surface area (Å²) in [6.45, 7) is 5.14. The number of fused-ring (bicyclic) bond motifs is 1. The Hall–Kier alpha value is -4.90. The first-order chi connectivity index (χ1) is 21.1. The number of hydrogen-bond acceptors (Lipinski definition) is 9. The van der Waals surface area contributed by atoms with Crippen LogP contribution in [0.25, 0.3) is 22.2 Å². The predicted octanol–water partition coefficient (Wildman–Crippen LogP) is 5.17. The smallest absolute Gasteiger partial charge is 0.341 e. The molecule has 0 spiro atoms. The molecule has 2 aromatic heterocycles. The van der Waals surface area contributed by atoms with Crippen LogP contribution in [0.5, 0.6) is 5.75 Å². The molecular formula is C33H39N7O4. The summed E-state index contributed by atoms with van der Waals surface area (Å²) >= 11 is 0. The topological polar surface area (TPSA) is 114 Å². The van der Waals surface area contributed by atoms with Gasteiger partial charge >= 0.3 is 5.97 Å². The fraction of sp³-hybridized carbons (Fsp3) is 0.333. The first-order valence-electron chi connectivity index (χ1n) is 14.5. The van der Waals surface area contributed by atoms with Crippen LogP contribution in [0.3, 0.4) is 0 Å². The van der Waals surface area contributed by atoms with Crippen molar-refractivity contribution >= 4 is 45.8 Å². The normalized spacial score (nSPS) is 12.7. The van der Waals surface area contributed by atoms with Crippen molar-refractivity contribution in [1.29, 1.82) is 0 Å². The van der Waals surface area contributed by atoms with Crippen LogP contribution in [-0.4, -0.2) is 79.8 Å². The molecule has 0 aliphatic heterocycles. The van der Waals surface area contributed by atoms with Crippen molar-refractivity contribution < 1.29 is 19.1 Å². The first kappa shape index (κ1) is 30.6. The number of ether oxygens (including phenoxy) is 2. The Kier molecular flexibility index (Phi) is 8.86. The number of esters is 1. The molecule has 1 saturated carbocycles. The fourth-order valence-corrected chi connectivity index (χ4v) is 5.24. The minimum Gasteiger partial charge on any atom is -0.494 e. The lowest BCUT2D eigenvalue weighted by Gasteiger charge is -2.26. The summed E-state index contributed by atoms with van der Waals surface area (Å²) < 4.78 is 13.1. The van der Waals surface area contributed by atoms with Crippen molar-refractivity contribution in [3.8, 4) is 17.0 Å². The molecule has 0 unspecified atom stereocenters. The highest BCUT2D eigenvalue weighted by Crippen LogP contribution is 2.45. The molecule has 230 valence electrons. The van der Waals surface area contributed by atoms with Gasteiger partial charge in [0.15, 0.2) is 0 Å². The standard InChI is InChI=1S/C33H39N7O4/c1-8-28(41)34-23-17-24(27(43-6)18-26(23)39(4)16-15-38(2)3)35-33-36-30(20-13-14-20)29(32(42)44-7)31(37-33)22-19-40(5)25-12-10-9-11-21(22)25/h8-12,17-20H,1,13-16H2,2-7H3,(H,34,41)(H,35,36,37). The predicted molar refractivity (Wildman–Crippen MR) is 174 cm³/mol. The van der Waals surface area contributed by atoms with Crippen molar-refractivity contribution in [1.82, 2.24) is 19.4 Å². The lowest BCUT2D eigenvalue weighted by atomic mass is 10.0. The third-order valence-electron chi connectivity index (χ3n) is 7.74. The number of benzene rings is 2. The van der Waals surface area contributed by atoms with E-state index < -0.39 is 5.97 Å². The number of methoxy groups -OCH3 is 2. The van der Waals surface area contributed by atoms with Crippen LogP contribution in [0.15, 0.2) is 55.3 Å². The molecule has 0 saturated heterocycles. The second-order valence-electron chi connectivity index (χ2n) is 11.2. The molecule has 4 aromatic rings. The average Bonchev–Trinajstić information content (AvgIpc) is 3.82. The van der Waals surface area contributed by atoms with Crippen molar-refractivity contribution in [3.05, 3.63) is 66.5 Å². The van der Waals surface area contributed by atoms with Crippen molar-refractivity contribution in [2.75, 3.05) is 64.0 Å². The Morgan fingerprint density at radius 1 is 1.09 bits per heavy atom. The van der Waals surface area contributed by atoms with Crippen LogP contribution in [0, 0.1) is 0 Å². The van der Waals surface area contributed by atoms with Gasteiger partial charge in [-0.05, 0) is 45.1 Å². The van der Waals surface area contributed by atoms with E-state index in [0.717, 1.165) is 48.1 Å². The number of para-hydroxylation sites is 1. The van der Waals surface area contributed by atoms with Gasteiger partial charge in [-0.3, -0.25) is 4.79 Å². The third-order valence-corrected chi connectivity index (χ3v) is 7.74. The van der Waals surface area contributed by atoms with Crippen molar-refractivity contribution in [2.45, 2.75) is 18.8 Å². The van der Waals surface area contributed by atoms with E-state index >= 15 is 0 Å². The first-order valence-corrected chi connectivity index (χ1v) is 14.5. The number of likely N-dealkylation sites (N-methyl/N-ethyl adjacent to an activating group) is 2. The number of hydrogen-bond donors (Lipinski definition) is 2. The van der Waals surface area contributed by atoms with Gasteiger partial charge < -0.3 is 34.5 Å². The van der Waals surface area contributed by atoms with Gasteiger partial charge in [-0.2, -0.15) is 0 Å². The summed E-state index contributed by atoms with van der Waals surface area (Å²) in [6, 6.07) is 11.7. The zero-order chi connectivity index (χ0) is 31.5. The number of carbonyl (C=O) groups is 2. The van der Waals surface area contributed by atoms with E-state index in [-0.39, 0.29) is 11.8 Å². The lowest BCUT2D eigenvalue weighted by Crippen LogP contribution is -2.29. The van der Waals surface area contributed by atoms with Gasteiger partial charge in [0.1, 0.15) is 11.3 Å².